The summed E-state index contributed by atoms with van der Waals surface area (Å²) in [4.78, 5) is 24.6. The Balaban J connectivity index is 1.86. The lowest BCUT2D eigenvalue weighted by Gasteiger charge is -2.15. The van der Waals surface area contributed by atoms with Crippen LogP contribution in [0.2, 0.25) is 0 Å². The zero-order valence-corrected chi connectivity index (χ0v) is 8.53. The van der Waals surface area contributed by atoms with Crippen LogP contribution in [0.15, 0.2) is 0 Å². The topological polar surface area (TPSA) is 46.6 Å². The third kappa shape index (κ3) is 1.61. The molecule has 0 aromatic heterocycles. The van der Waals surface area contributed by atoms with Crippen molar-refractivity contribution in [3.8, 4) is 0 Å². The molecule has 2 rings (SSSR count). The minimum atomic E-state index is -0.243. The van der Waals surface area contributed by atoms with Crippen LogP contribution < -0.4 is 0 Å². The Morgan fingerprint density at radius 1 is 1.29 bits per heavy atom. The van der Waals surface area contributed by atoms with Crippen molar-refractivity contribution in [2.45, 2.75) is 25.3 Å². The number of nitrogens with zero attached hydrogens (tertiary/aromatic N) is 1. The first-order chi connectivity index (χ1) is 6.65. The Hall–Kier alpha value is -1.06. The van der Waals surface area contributed by atoms with Crippen molar-refractivity contribution in [1.29, 1.82) is 0 Å². The molecule has 4 heteroatoms. The average Bonchev–Trinajstić information content (AvgIpc) is 3.04. The van der Waals surface area contributed by atoms with Crippen LogP contribution in [0.5, 0.6) is 0 Å². The number of carbonyl (C=O) groups is 2. The summed E-state index contributed by atoms with van der Waals surface area (Å²) >= 11 is 0. The summed E-state index contributed by atoms with van der Waals surface area (Å²) in [7, 11) is 3.19. The highest BCUT2D eigenvalue weighted by molar-refractivity contribution is 5.90. The second kappa shape index (κ2) is 3.26. The largest absolute Gasteiger partial charge is 0.469 e. The molecule has 1 amide bonds. The first-order valence-corrected chi connectivity index (χ1v) is 4.99. The van der Waals surface area contributed by atoms with Crippen molar-refractivity contribution in [2.75, 3.05) is 14.2 Å². The maximum Gasteiger partial charge on any atom is 0.309 e. The smallest absolute Gasteiger partial charge is 0.309 e. The Morgan fingerprint density at radius 3 is 2.43 bits per heavy atom. The minimum Gasteiger partial charge on any atom is -0.469 e. The molecule has 0 N–H and O–H groups in total. The van der Waals surface area contributed by atoms with Crippen LogP contribution in [0.3, 0.4) is 0 Å². The van der Waals surface area contributed by atoms with E-state index in [0.717, 1.165) is 12.8 Å². The third-order valence-electron chi connectivity index (χ3n) is 3.05. The number of hydrogen-bond acceptors (Lipinski definition) is 3. The number of ether oxygens (including phenoxy) is 1. The van der Waals surface area contributed by atoms with Crippen molar-refractivity contribution in [1.82, 2.24) is 4.90 Å². The zero-order chi connectivity index (χ0) is 10.3. The van der Waals surface area contributed by atoms with Crippen molar-refractivity contribution in [3.63, 3.8) is 0 Å². The molecule has 0 aromatic rings. The standard InChI is InChI=1S/C10H15NO3/c1-11(6-3-4-6)9(12)7-5-8(7)10(13)14-2/h6-8H,3-5H2,1-2H3. The highest BCUT2D eigenvalue weighted by Gasteiger charge is 2.51. The van der Waals surface area contributed by atoms with E-state index in [-0.39, 0.29) is 23.7 Å². The Morgan fingerprint density at radius 2 is 1.93 bits per heavy atom. The van der Waals surface area contributed by atoms with Gasteiger partial charge in [-0.1, -0.05) is 0 Å². The zero-order valence-electron chi connectivity index (χ0n) is 8.53. The second-order valence-electron chi connectivity index (χ2n) is 4.15. The Bertz CT molecular complexity index is 273. The molecule has 0 aromatic carbocycles. The van der Waals surface area contributed by atoms with Gasteiger partial charge in [0.15, 0.2) is 0 Å². The minimum absolute atomic E-state index is 0.104. The number of esters is 1. The molecule has 78 valence electrons. The van der Waals surface area contributed by atoms with Gasteiger partial charge in [0.2, 0.25) is 5.91 Å². The molecule has 0 saturated heterocycles. The van der Waals surface area contributed by atoms with Gasteiger partial charge in [-0.05, 0) is 19.3 Å². The number of amides is 1. The molecule has 0 heterocycles. The summed E-state index contributed by atoms with van der Waals surface area (Å²) in [6.07, 6.45) is 2.89. The fraction of sp³-hybridized carbons (Fsp3) is 0.800. The van der Waals surface area contributed by atoms with Crippen LogP contribution in [-0.4, -0.2) is 37.0 Å². The third-order valence-corrected chi connectivity index (χ3v) is 3.05. The van der Waals surface area contributed by atoms with Crippen molar-refractivity contribution in [3.05, 3.63) is 0 Å². The molecule has 0 spiro atoms. The molecule has 2 aliphatic rings. The van der Waals surface area contributed by atoms with Gasteiger partial charge in [0, 0.05) is 13.1 Å². The van der Waals surface area contributed by atoms with Crippen molar-refractivity contribution >= 4 is 11.9 Å². The SMILES string of the molecule is COC(=O)C1CC1C(=O)N(C)C1CC1. The molecule has 0 radical (unpaired) electrons. The molecular formula is C10H15NO3. The number of carbonyl (C=O) groups excluding carboxylic acids is 2. The van der Waals surface area contributed by atoms with Crippen LogP contribution in [0.4, 0.5) is 0 Å². The Labute approximate surface area is 83.2 Å². The second-order valence-corrected chi connectivity index (χ2v) is 4.15. The lowest BCUT2D eigenvalue weighted by Crippen LogP contribution is -2.31. The van der Waals surface area contributed by atoms with Gasteiger partial charge < -0.3 is 9.64 Å². The van der Waals surface area contributed by atoms with Gasteiger partial charge in [-0.3, -0.25) is 9.59 Å². The molecule has 2 atom stereocenters. The van der Waals surface area contributed by atoms with Crippen molar-refractivity contribution in [2.24, 2.45) is 11.8 Å². The average molecular weight is 197 g/mol. The first-order valence-electron chi connectivity index (χ1n) is 4.99. The number of rotatable bonds is 3. The van der Waals surface area contributed by atoms with E-state index in [2.05, 4.69) is 4.74 Å². The van der Waals surface area contributed by atoms with E-state index in [0.29, 0.717) is 12.5 Å². The monoisotopic (exact) mass is 197 g/mol. The summed E-state index contributed by atoms with van der Waals surface area (Å²) in [6.45, 7) is 0. The molecule has 14 heavy (non-hydrogen) atoms. The van der Waals surface area contributed by atoms with Gasteiger partial charge in [-0.15, -0.1) is 0 Å². The van der Waals surface area contributed by atoms with E-state index in [1.807, 2.05) is 7.05 Å². The molecule has 0 bridgehead atoms. The quantitative estimate of drug-likeness (QED) is 0.616. The lowest BCUT2D eigenvalue weighted by molar-refractivity contribution is -0.144. The predicted molar refractivity (Wildman–Crippen MR) is 49.4 cm³/mol. The molecule has 2 saturated carbocycles. The summed E-state index contributed by atoms with van der Waals surface area (Å²) in [5.74, 6) is -0.405. The van der Waals surface area contributed by atoms with Gasteiger partial charge in [-0.2, -0.15) is 0 Å². The molecule has 4 nitrogen and oxygen atoms in total. The lowest BCUT2D eigenvalue weighted by atomic mass is 10.3. The van der Waals surface area contributed by atoms with Crippen LogP contribution in [-0.2, 0) is 14.3 Å². The fourth-order valence-electron chi connectivity index (χ4n) is 1.78. The van der Waals surface area contributed by atoms with E-state index < -0.39 is 0 Å². The fourth-order valence-corrected chi connectivity index (χ4v) is 1.78. The van der Waals surface area contributed by atoms with Crippen molar-refractivity contribution < 1.29 is 14.3 Å². The van der Waals surface area contributed by atoms with E-state index in [1.54, 1.807) is 4.90 Å². The molecule has 2 fully saturated rings. The maximum atomic E-state index is 11.7. The highest BCUT2D eigenvalue weighted by Crippen LogP contribution is 2.42. The van der Waals surface area contributed by atoms with E-state index in [4.69, 9.17) is 0 Å². The summed E-state index contributed by atoms with van der Waals surface area (Å²) in [5, 5.41) is 0. The molecule has 2 unspecified atom stereocenters. The molecule has 2 aliphatic carbocycles. The number of hydrogen-bond donors (Lipinski definition) is 0. The van der Waals surface area contributed by atoms with E-state index in [1.165, 1.54) is 7.11 Å². The summed E-state index contributed by atoms with van der Waals surface area (Å²) in [6, 6.07) is 0.432. The Kier molecular flexibility index (Phi) is 2.21. The predicted octanol–water partition coefficient (Wildman–Crippen LogP) is 0.416. The number of methoxy groups -OCH3 is 1. The van der Waals surface area contributed by atoms with Crippen LogP contribution in [0, 0.1) is 11.8 Å². The van der Waals surface area contributed by atoms with E-state index in [9.17, 15) is 9.59 Å². The summed E-state index contributed by atoms with van der Waals surface area (Å²) < 4.78 is 4.60. The van der Waals surface area contributed by atoms with Crippen LogP contribution >= 0.6 is 0 Å². The van der Waals surface area contributed by atoms with Crippen LogP contribution in [0.25, 0.3) is 0 Å². The van der Waals surface area contributed by atoms with Gasteiger partial charge >= 0.3 is 5.97 Å². The van der Waals surface area contributed by atoms with Gasteiger partial charge in [0.1, 0.15) is 0 Å². The first kappa shape index (κ1) is 9.49. The van der Waals surface area contributed by atoms with Gasteiger partial charge in [0.05, 0.1) is 18.9 Å². The normalized spacial score (nSPS) is 29.6. The maximum absolute atomic E-state index is 11.7. The molecular weight excluding hydrogens is 182 g/mol. The van der Waals surface area contributed by atoms with Gasteiger partial charge in [0.25, 0.3) is 0 Å². The molecule has 0 aliphatic heterocycles. The van der Waals surface area contributed by atoms with Crippen LogP contribution in [0.1, 0.15) is 19.3 Å². The van der Waals surface area contributed by atoms with E-state index >= 15 is 0 Å². The summed E-state index contributed by atoms with van der Waals surface area (Å²) in [5.41, 5.74) is 0. The highest BCUT2D eigenvalue weighted by atomic mass is 16.5. The van der Waals surface area contributed by atoms with Gasteiger partial charge in [-0.25, -0.2) is 0 Å².